The molecule has 3 N–H and O–H groups in total. The summed E-state index contributed by atoms with van der Waals surface area (Å²) in [6.07, 6.45) is 7.89. The number of aliphatic hydroxyl groups is 1. The highest BCUT2D eigenvalue weighted by Crippen LogP contribution is 2.33. The number of hydrogen-bond donors (Lipinski definition) is 3. The van der Waals surface area contributed by atoms with Gasteiger partial charge in [0.1, 0.15) is 0 Å². The number of aryl methyl sites for hydroxylation is 3. The van der Waals surface area contributed by atoms with Gasteiger partial charge in [0, 0.05) is 18.8 Å². The van der Waals surface area contributed by atoms with E-state index in [0.717, 1.165) is 54.4 Å². The number of nitrogens with one attached hydrogen (secondary N) is 2. The average molecular weight is 478 g/mol. The predicted octanol–water partition coefficient (Wildman–Crippen LogP) is 5.30. The summed E-state index contributed by atoms with van der Waals surface area (Å²) in [4.78, 5) is 18.3. The van der Waals surface area contributed by atoms with Gasteiger partial charge >= 0.3 is 0 Å². The zero-order valence-corrected chi connectivity index (χ0v) is 21.6. The molecule has 0 bridgehead atoms. The van der Waals surface area contributed by atoms with E-state index in [-0.39, 0.29) is 24.1 Å². The Morgan fingerprint density at radius 3 is 2.54 bits per heavy atom. The van der Waals surface area contributed by atoms with Crippen molar-refractivity contribution in [3.8, 4) is 0 Å². The molecular formula is C28H39N5O2. The smallest absolute Gasteiger partial charge is 0.255 e. The van der Waals surface area contributed by atoms with Crippen LogP contribution in [0.25, 0.3) is 11.0 Å². The first-order chi connectivity index (χ1) is 16.8. The molecular weight excluding hydrogens is 438 g/mol. The number of anilines is 1. The summed E-state index contributed by atoms with van der Waals surface area (Å²) in [6.45, 7) is 10.9. The van der Waals surface area contributed by atoms with E-state index in [1.165, 1.54) is 11.1 Å². The van der Waals surface area contributed by atoms with Crippen molar-refractivity contribution in [2.75, 3.05) is 5.32 Å². The number of aliphatic hydroxyl groups excluding tert-OH is 1. The van der Waals surface area contributed by atoms with Crippen LogP contribution in [-0.4, -0.2) is 37.9 Å². The molecule has 2 heterocycles. The molecule has 4 rings (SSSR count). The first-order valence-electron chi connectivity index (χ1n) is 13.0. The van der Waals surface area contributed by atoms with E-state index in [4.69, 9.17) is 0 Å². The molecule has 2 unspecified atom stereocenters. The first kappa shape index (κ1) is 25.2. The fourth-order valence-electron chi connectivity index (χ4n) is 5.39. The highest BCUT2D eigenvalue weighted by molar-refractivity contribution is 6.06. The molecule has 1 aromatic carbocycles. The first-order valence-corrected chi connectivity index (χ1v) is 13.0. The molecule has 7 heteroatoms. The van der Waals surface area contributed by atoms with Gasteiger partial charge < -0.3 is 15.7 Å². The maximum atomic E-state index is 13.6. The molecule has 35 heavy (non-hydrogen) atoms. The minimum absolute atomic E-state index is 0.0773. The topological polar surface area (TPSA) is 92.1 Å². The van der Waals surface area contributed by atoms with Crippen molar-refractivity contribution in [3.05, 3.63) is 52.8 Å². The van der Waals surface area contributed by atoms with Gasteiger partial charge in [-0.1, -0.05) is 30.7 Å². The van der Waals surface area contributed by atoms with Crippen molar-refractivity contribution in [2.24, 2.45) is 5.92 Å². The summed E-state index contributed by atoms with van der Waals surface area (Å²) < 4.78 is 1.86. The second kappa shape index (κ2) is 10.8. The Bertz CT molecular complexity index is 1180. The Hall–Kier alpha value is -2.93. The average Bonchev–Trinajstić information content (AvgIpc) is 3.27. The van der Waals surface area contributed by atoms with Crippen LogP contribution >= 0.6 is 0 Å². The van der Waals surface area contributed by atoms with Crippen molar-refractivity contribution in [1.29, 1.82) is 0 Å². The number of nitrogens with zero attached hydrogens (tertiary/aromatic N) is 3. The number of rotatable bonds is 8. The van der Waals surface area contributed by atoms with E-state index in [2.05, 4.69) is 59.7 Å². The van der Waals surface area contributed by atoms with Gasteiger partial charge in [0.15, 0.2) is 5.65 Å². The zero-order chi connectivity index (χ0) is 25.1. The zero-order valence-electron chi connectivity index (χ0n) is 21.6. The summed E-state index contributed by atoms with van der Waals surface area (Å²) in [5.41, 5.74) is 5.68. The number of aromatic nitrogens is 3. The standard InChI is InChI=1S/C28H39N5O2/c1-6-25(22-13-8-17(3)14-18(22)4)32-28(35)24-15-29-27-23(16-30-33(27)7-2)26(24)31-21-11-9-20(10-12-21)19(5)34/h8,13-16,19-21,25,34H,6-7,9-12H2,1-5H3,(H,29,31)(H,32,35). The Balaban J connectivity index is 1.64. The number of fused-ring (bicyclic) bond motifs is 1. The number of benzene rings is 1. The molecule has 1 aliphatic carbocycles. The summed E-state index contributed by atoms with van der Waals surface area (Å²) >= 11 is 0. The molecule has 0 aliphatic heterocycles. The van der Waals surface area contributed by atoms with E-state index < -0.39 is 0 Å². The van der Waals surface area contributed by atoms with Gasteiger partial charge in [-0.2, -0.15) is 5.10 Å². The Labute approximate surface area is 208 Å². The SMILES string of the molecule is CCC(NC(=O)c1cnc2c(cnn2CC)c1NC1CCC(C(C)O)CC1)c1ccc(C)cc1C. The van der Waals surface area contributed by atoms with Crippen LogP contribution in [0.3, 0.4) is 0 Å². The Kier molecular flexibility index (Phi) is 7.75. The third kappa shape index (κ3) is 5.35. The van der Waals surface area contributed by atoms with Gasteiger partial charge in [-0.3, -0.25) is 4.79 Å². The molecule has 188 valence electrons. The fourth-order valence-corrected chi connectivity index (χ4v) is 5.39. The molecule has 7 nitrogen and oxygen atoms in total. The Morgan fingerprint density at radius 2 is 1.91 bits per heavy atom. The van der Waals surface area contributed by atoms with Gasteiger partial charge in [-0.25, -0.2) is 9.67 Å². The van der Waals surface area contributed by atoms with E-state index >= 15 is 0 Å². The van der Waals surface area contributed by atoms with Crippen LogP contribution in [0.15, 0.2) is 30.6 Å². The van der Waals surface area contributed by atoms with Crippen molar-refractivity contribution in [1.82, 2.24) is 20.1 Å². The lowest BCUT2D eigenvalue weighted by atomic mass is 9.83. The maximum Gasteiger partial charge on any atom is 0.255 e. The molecule has 0 spiro atoms. The molecule has 0 radical (unpaired) electrons. The van der Waals surface area contributed by atoms with Crippen LogP contribution in [0.2, 0.25) is 0 Å². The molecule has 1 amide bonds. The van der Waals surface area contributed by atoms with Gasteiger partial charge in [-0.05, 0) is 76.8 Å². The summed E-state index contributed by atoms with van der Waals surface area (Å²) in [5, 5.41) is 22.3. The van der Waals surface area contributed by atoms with Crippen molar-refractivity contribution in [3.63, 3.8) is 0 Å². The van der Waals surface area contributed by atoms with Crippen molar-refractivity contribution in [2.45, 2.75) is 91.5 Å². The molecule has 1 aliphatic rings. The lowest BCUT2D eigenvalue weighted by Crippen LogP contribution is -2.32. The highest BCUT2D eigenvalue weighted by Gasteiger charge is 2.27. The monoisotopic (exact) mass is 477 g/mol. The van der Waals surface area contributed by atoms with E-state index in [1.54, 1.807) is 6.20 Å². The molecule has 0 saturated heterocycles. The Morgan fingerprint density at radius 1 is 1.17 bits per heavy atom. The van der Waals surface area contributed by atoms with Crippen LogP contribution in [0, 0.1) is 19.8 Å². The fraction of sp³-hybridized carbons (Fsp3) is 0.536. The molecule has 3 aromatic rings. The maximum absolute atomic E-state index is 13.6. The molecule has 2 atom stereocenters. The lowest BCUT2D eigenvalue weighted by Gasteiger charge is -2.31. The lowest BCUT2D eigenvalue weighted by molar-refractivity contribution is 0.0936. The van der Waals surface area contributed by atoms with Crippen molar-refractivity contribution < 1.29 is 9.90 Å². The van der Waals surface area contributed by atoms with Gasteiger partial charge in [-0.15, -0.1) is 0 Å². The second-order valence-electron chi connectivity index (χ2n) is 10.0. The van der Waals surface area contributed by atoms with Crippen LogP contribution in [0.1, 0.15) is 86.0 Å². The van der Waals surface area contributed by atoms with Crippen molar-refractivity contribution >= 4 is 22.6 Å². The number of hydrogen-bond acceptors (Lipinski definition) is 5. The van der Waals surface area contributed by atoms with E-state index in [9.17, 15) is 9.90 Å². The summed E-state index contributed by atoms with van der Waals surface area (Å²) in [5.74, 6) is 0.217. The molecule has 2 aromatic heterocycles. The predicted molar refractivity (Wildman–Crippen MR) is 141 cm³/mol. The van der Waals surface area contributed by atoms with E-state index in [0.29, 0.717) is 18.0 Å². The van der Waals surface area contributed by atoms with Crippen LogP contribution < -0.4 is 10.6 Å². The summed E-state index contributed by atoms with van der Waals surface area (Å²) in [7, 11) is 0. The quantitative estimate of drug-likeness (QED) is 0.409. The number of pyridine rings is 1. The largest absolute Gasteiger partial charge is 0.393 e. The van der Waals surface area contributed by atoms with Crippen LogP contribution in [-0.2, 0) is 6.54 Å². The third-order valence-corrected chi connectivity index (χ3v) is 7.53. The second-order valence-corrected chi connectivity index (χ2v) is 10.0. The van der Waals surface area contributed by atoms with E-state index in [1.807, 2.05) is 24.7 Å². The number of carbonyl (C=O) groups excluding carboxylic acids is 1. The van der Waals surface area contributed by atoms with Gasteiger partial charge in [0.2, 0.25) is 0 Å². The van der Waals surface area contributed by atoms with Crippen LogP contribution in [0.5, 0.6) is 0 Å². The highest BCUT2D eigenvalue weighted by atomic mass is 16.3. The summed E-state index contributed by atoms with van der Waals surface area (Å²) in [6, 6.07) is 6.54. The number of amides is 1. The molecule has 1 saturated carbocycles. The van der Waals surface area contributed by atoms with Crippen LogP contribution in [0.4, 0.5) is 5.69 Å². The number of carbonyl (C=O) groups is 1. The minimum atomic E-state index is -0.274. The van der Waals surface area contributed by atoms with Gasteiger partial charge in [0.05, 0.1) is 35.0 Å². The third-order valence-electron chi connectivity index (χ3n) is 7.53. The normalized spacial score (nSPS) is 19.9. The minimum Gasteiger partial charge on any atom is -0.393 e. The molecule has 1 fully saturated rings. The van der Waals surface area contributed by atoms with Gasteiger partial charge in [0.25, 0.3) is 5.91 Å².